The topological polar surface area (TPSA) is 55.1 Å². The SMILES string of the molecule is CCCC(=O)c1ccc(NCc2c(C)noc2-c2ccccc2)cc1. The molecule has 0 aliphatic carbocycles. The van der Waals surface area contributed by atoms with Crippen LogP contribution in [0.15, 0.2) is 59.1 Å². The summed E-state index contributed by atoms with van der Waals surface area (Å²) in [5.74, 6) is 0.982. The van der Waals surface area contributed by atoms with E-state index < -0.39 is 0 Å². The molecule has 0 spiro atoms. The van der Waals surface area contributed by atoms with Crippen LogP contribution in [0.1, 0.15) is 41.4 Å². The Labute approximate surface area is 147 Å². The van der Waals surface area contributed by atoms with Crippen LogP contribution in [0.5, 0.6) is 0 Å². The normalized spacial score (nSPS) is 10.6. The van der Waals surface area contributed by atoms with Crippen LogP contribution >= 0.6 is 0 Å². The van der Waals surface area contributed by atoms with E-state index in [4.69, 9.17) is 4.52 Å². The van der Waals surface area contributed by atoms with Gasteiger partial charge in [0.2, 0.25) is 0 Å². The summed E-state index contributed by atoms with van der Waals surface area (Å²) < 4.78 is 5.51. The molecule has 2 aromatic carbocycles. The van der Waals surface area contributed by atoms with Gasteiger partial charge < -0.3 is 9.84 Å². The van der Waals surface area contributed by atoms with E-state index in [1.54, 1.807) is 0 Å². The number of nitrogens with zero attached hydrogens (tertiary/aromatic N) is 1. The minimum absolute atomic E-state index is 0.190. The molecule has 1 N–H and O–H groups in total. The lowest BCUT2D eigenvalue weighted by Crippen LogP contribution is -2.02. The van der Waals surface area contributed by atoms with Crippen molar-refractivity contribution in [3.63, 3.8) is 0 Å². The lowest BCUT2D eigenvalue weighted by molar-refractivity contribution is 0.0982. The maximum atomic E-state index is 11.9. The van der Waals surface area contributed by atoms with E-state index in [9.17, 15) is 4.79 Å². The summed E-state index contributed by atoms with van der Waals surface area (Å²) in [5.41, 5.74) is 4.66. The second kappa shape index (κ2) is 7.79. The summed E-state index contributed by atoms with van der Waals surface area (Å²) in [6.07, 6.45) is 1.46. The molecule has 0 saturated heterocycles. The van der Waals surface area contributed by atoms with Gasteiger partial charge in [-0.25, -0.2) is 0 Å². The zero-order valence-electron chi connectivity index (χ0n) is 14.6. The summed E-state index contributed by atoms with van der Waals surface area (Å²) in [5, 5.41) is 7.49. The molecule has 3 aromatic rings. The minimum Gasteiger partial charge on any atom is -0.381 e. The molecule has 1 aromatic heterocycles. The Morgan fingerprint density at radius 2 is 1.80 bits per heavy atom. The number of anilines is 1. The lowest BCUT2D eigenvalue weighted by Gasteiger charge is -2.08. The molecule has 0 aliphatic heterocycles. The average Bonchev–Trinajstić information content (AvgIpc) is 3.02. The van der Waals surface area contributed by atoms with Crippen LogP contribution in [-0.2, 0) is 6.54 Å². The summed E-state index contributed by atoms with van der Waals surface area (Å²) >= 11 is 0. The number of carbonyl (C=O) groups is 1. The van der Waals surface area contributed by atoms with Crippen molar-refractivity contribution in [3.8, 4) is 11.3 Å². The van der Waals surface area contributed by atoms with Crippen LogP contribution < -0.4 is 5.32 Å². The third-order valence-corrected chi connectivity index (χ3v) is 4.17. The van der Waals surface area contributed by atoms with Gasteiger partial charge in [-0.3, -0.25) is 4.79 Å². The fourth-order valence-electron chi connectivity index (χ4n) is 2.75. The van der Waals surface area contributed by atoms with Gasteiger partial charge >= 0.3 is 0 Å². The van der Waals surface area contributed by atoms with Crippen molar-refractivity contribution in [2.75, 3.05) is 5.32 Å². The van der Waals surface area contributed by atoms with Crippen LogP contribution in [0.3, 0.4) is 0 Å². The van der Waals surface area contributed by atoms with Crippen LogP contribution in [0, 0.1) is 6.92 Å². The number of nitrogens with one attached hydrogen (secondary N) is 1. The van der Waals surface area contributed by atoms with Gasteiger partial charge in [0.25, 0.3) is 0 Å². The molecule has 3 rings (SSSR count). The van der Waals surface area contributed by atoms with Gasteiger partial charge in [-0.1, -0.05) is 42.4 Å². The first-order chi connectivity index (χ1) is 12.2. The van der Waals surface area contributed by atoms with E-state index in [0.717, 1.165) is 40.3 Å². The maximum Gasteiger partial charge on any atom is 0.172 e. The Bertz CT molecular complexity index is 836. The molecule has 0 aliphatic rings. The number of aryl methyl sites for hydroxylation is 1. The smallest absolute Gasteiger partial charge is 0.172 e. The van der Waals surface area contributed by atoms with Gasteiger partial charge in [-0.05, 0) is 37.6 Å². The van der Waals surface area contributed by atoms with Gasteiger partial charge in [-0.2, -0.15) is 0 Å². The fraction of sp³-hybridized carbons (Fsp3) is 0.238. The molecule has 0 unspecified atom stereocenters. The number of rotatable bonds is 7. The van der Waals surface area contributed by atoms with Crippen molar-refractivity contribution in [3.05, 3.63) is 71.4 Å². The molecule has 0 atom stereocenters. The molecule has 25 heavy (non-hydrogen) atoms. The van der Waals surface area contributed by atoms with E-state index >= 15 is 0 Å². The van der Waals surface area contributed by atoms with Crippen molar-refractivity contribution in [1.29, 1.82) is 0 Å². The Kier molecular flexibility index (Phi) is 5.29. The second-order valence-electron chi connectivity index (χ2n) is 6.05. The predicted octanol–water partition coefficient (Wildman–Crippen LogP) is 5.24. The van der Waals surface area contributed by atoms with Crippen molar-refractivity contribution in [2.24, 2.45) is 0 Å². The number of aromatic nitrogens is 1. The van der Waals surface area contributed by atoms with E-state index in [0.29, 0.717) is 13.0 Å². The third kappa shape index (κ3) is 3.97. The van der Waals surface area contributed by atoms with Crippen LogP contribution in [0.4, 0.5) is 5.69 Å². The van der Waals surface area contributed by atoms with Gasteiger partial charge in [0.15, 0.2) is 11.5 Å². The molecule has 0 fully saturated rings. The Morgan fingerprint density at radius 3 is 2.48 bits per heavy atom. The van der Waals surface area contributed by atoms with Crippen molar-refractivity contribution in [1.82, 2.24) is 5.16 Å². The molecule has 0 bridgehead atoms. The molecule has 4 heteroatoms. The first kappa shape index (κ1) is 17.0. The van der Waals surface area contributed by atoms with E-state index in [1.807, 2.05) is 68.4 Å². The van der Waals surface area contributed by atoms with Crippen molar-refractivity contribution >= 4 is 11.5 Å². The quantitative estimate of drug-likeness (QED) is 0.600. The fourth-order valence-corrected chi connectivity index (χ4v) is 2.75. The molecule has 0 amide bonds. The van der Waals surface area contributed by atoms with E-state index in [2.05, 4.69) is 10.5 Å². The monoisotopic (exact) mass is 334 g/mol. The molecule has 4 nitrogen and oxygen atoms in total. The highest BCUT2D eigenvalue weighted by Gasteiger charge is 2.14. The first-order valence-electron chi connectivity index (χ1n) is 8.56. The molecule has 128 valence electrons. The van der Waals surface area contributed by atoms with Crippen molar-refractivity contribution < 1.29 is 9.32 Å². The molecular formula is C21H22N2O2. The molecular weight excluding hydrogens is 312 g/mol. The summed E-state index contributed by atoms with van der Waals surface area (Å²) in [6.45, 7) is 4.57. The van der Waals surface area contributed by atoms with Gasteiger partial charge in [0, 0.05) is 35.3 Å². The highest BCUT2D eigenvalue weighted by molar-refractivity contribution is 5.96. The largest absolute Gasteiger partial charge is 0.381 e. The lowest BCUT2D eigenvalue weighted by atomic mass is 10.1. The Balaban J connectivity index is 1.72. The minimum atomic E-state index is 0.190. The zero-order chi connectivity index (χ0) is 17.6. The summed E-state index contributed by atoms with van der Waals surface area (Å²) in [6, 6.07) is 17.6. The van der Waals surface area contributed by atoms with Crippen LogP contribution in [-0.4, -0.2) is 10.9 Å². The molecule has 0 radical (unpaired) electrons. The number of hydrogen-bond acceptors (Lipinski definition) is 4. The highest BCUT2D eigenvalue weighted by Crippen LogP contribution is 2.26. The van der Waals surface area contributed by atoms with Gasteiger partial charge in [0.1, 0.15) is 0 Å². The number of ketones is 1. The third-order valence-electron chi connectivity index (χ3n) is 4.17. The maximum absolute atomic E-state index is 11.9. The van der Waals surface area contributed by atoms with E-state index in [-0.39, 0.29) is 5.78 Å². The number of carbonyl (C=O) groups excluding carboxylic acids is 1. The molecule has 1 heterocycles. The van der Waals surface area contributed by atoms with E-state index in [1.165, 1.54) is 0 Å². The zero-order valence-corrected chi connectivity index (χ0v) is 14.6. The standard InChI is InChI=1S/C21H22N2O2/c1-3-7-20(24)16-10-12-18(13-11-16)22-14-19-15(2)23-25-21(19)17-8-5-4-6-9-17/h4-6,8-13,22H,3,7,14H2,1-2H3. The van der Waals surface area contributed by atoms with Crippen molar-refractivity contribution in [2.45, 2.75) is 33.2 Å². The average molecular weight is 334 g/mol. The molecule has 0 saturated carbocycles. The predicted molar refractivity (Wildman–Crippen MR) is 99.7 cm³/mol. The number of Topliss-reactive ketones (excluding diaryl/α,β-unsaturated/α-hetero) is 1. The first-order valence-corrected chi connectivity index (χ1v) is 8.56. The van der Waals surface area contributed by atoms with Crippen LogP contribution in [0.25, 0.3) is 11.3 Å². The summed E-state index contributed by atoms with van der Waals surface area (Å²) in [7, 11) is 0. The van der Waals surface area contributed by atoms with Gasteiger partial charge in [-0.15, -0.1) is 0 Å². The highest BCUT2D eigenvalue weighted by atomic mass is 16.5. The van der Waals surface area contributed by atoms with Crippen LogP contribution in [0.2, 0.25) is 0 Å². The Hall–Kier alpha value is -2.88. The van der Waals surface area contributed by atoms with Gasteiger partial charge in [0.05, 0.1) is 5.69 Å². The Morgan fingerprint density at radius 1 is 1.08 bits per heavy atom. The number of benzene rings is 2. The summed E-state index contributed by atoms with van der Waals surface area (Å²) in [4.78, 5) is 11.9. The second-order valence-corrected chi connectivity index (χ2v) is 6.05. The number of hydrogen-bond donors (Lipinski definition) is 1.